The molecular weight excluding hydrogens is 196 g/mol. The molecule has 1 heterocycles. The molecular formula is C14H22N2. The zero-order chi connectivity index (χ0) is 11.4. The molecule has 0 unspecified atom stereocenters. The lowest BCUT2D eigenvalue weighted by molar-refractivity contribution is 0.206. The maximum absolute atomic E-state index is 4.13. The van der Waals surface area contributed by atoms with Crippen LogP contribution >= 0.6 is 0 Å². The number of aromatic nitrogens is 1. The molecule has 1 fully saturated rings. The SMILES string of the molecule is CC1(C)CCC(NCc2cccnc2)CC1. The number of hydrogen-bond acceptors (Lipinski definition) is 2. The lowest BCUT2D eigenvalue weighted by Gasteiger charge is -2.34. The minimum absolute atomic E-state index is 0.562. The van der Waals surface area contributed by atoms with Crippen LogP contribution < -0.4 is 5.32 Å². The van der Waals surface area contributed by atoms with E-state index in [4.69, 9.17) is 0 Å². The van der Waals surface area contributed by atoms with E-state index in [2.05, 4.69) is 30.2 Å². The third-order valence-corrected chi connectivity index (χ3v) is 3.66. The maximum Gasteiger partial charge on any atom is 0.0312 e. The number of pyridine rings is 1. The van der Waals surface area contributed by atoms with Gasteiger partial charge in [-0.3, -0.25) is 4.98 Å². The van der Waals surface area contributed by atoms with Crippen molar-refractivity contribution in [1.82, 2.24) is 10.3 Å². The van der Waals surface area contributed by atoms with Gasteiger partial charge in [0.1, 0.15) is 0 Å². The summed E-state index contributed by atoms with van der Waals surface area (Å²) < 4.78 is 0. The Hall–Kier alpha value is -0.890. The van der Waals surface area contributed by atoms with Gasteiger partial charge in [-0.05, 0) is 42.7 Å². The third kappa shape index (κ3) is 3.31. The first kappa shape index (κ1) is 11.6. The Morgan fingerprint density at radius 1 is 1.38 bits per heavy atom. The molecule has 0 bridgehead atoms. The summed E-state index contributed by atoms with van der Waals surface area (Å²) in [5.41, 5.74) is 1.85. The van der Waals surface area contributed by atoms with Crippen LogP contribution in [0.2, 0.25) is 0 Å². The van der Waals surface area contributed by atoms with Crippen LogP contribution in [0.1, 0.15) is 45.1 Å². The molecule has 2 heteroatoms. The van der Waals surface area contributed by atoms with E-state index in [1.54, 1.807) is 0 Å². The first-order valence-corrected chi connectivity index (χ1v) is 6.28. The molecule has 2 rings (SSSR count). The van der Waals surface area contributed by atoms with Gasteiger partial charge >= 0.3 is 0 Å². The van der Waals surface area contributed by atoms with E-state index in [0.717, 1.165) is 6.54 Å². The largest absolute Gasteiger partial charge is 0.310 e. The molecule has 1 N–H and O–H groups in total. The lowest BCUT2D eigenvalue weighted by Crippen LogP contribution is -2.35. The van der Waals surface area contributed by atoms with Gasteiger partial charge in [0.2, 0.25) is 0 Å². The highest BCUT2D eigenvalue weighted by atomic mass is 14.9. The Kier molecular flexibility index (Phi) is 3.59. The van der Waals surface area contributed by atoms with Crippen molar-refractivity contribution in [3.05, 3.63) is 30.1 Å². The number of nitrogens with one attached hydrogen (secondary N) is 1. The standard InChI is InChI=1S/C14H22N2/c1-14(2)7-5-13(6-8-14)16-11-12-4-3-9-15-10-12/h3-4,9-10,13,16H,5-8,11H2,1-2H3. The maximum atomic E-state index is 4.13. The van der Waals surface area contributed by atoms with Gasteiger partial charge in [-0.2, -0.15) is 0 Å². The van der Waals surface area contributed by atoms with E-state index in [1.807, 2.05) is 18.5 Å². The second kappa shape index (κ2) is 4.96. The fourth-order valence-electron chi connectivity index (χ4n) is 2.37. The predicted octanol–water partition coefficient (Wildman–Crippen LogP) is 3.14. The van der Waals surface area contributed by atoms with Crippen molar-refractivity contribution >= 4 is 0 Å². The van der Waals surface area contributed by atoms with Gasteiger partial charge < -0.3 is 5.32 Å². The van der Waals surface area contributed by atoms with Crippen LogP contribution in [-0.4, -0.2) is 11.0 Å². The van der Waals surface area contributed by atoms with E-state index in [1.165, 1.54) is 31.2 Å². The Morgan fingerprint density at radius 2 is 2.12 bits per heavy atom. The Bertz CT molecular complexity index is 309. The summed E-state index contributed by atoms with van der Waals surface area (Å²) in [6.07, 6.45) is 9.09. The quantitative estimate of drug-likeness (QED) is 0.843. The van der Waals surface area contributed by atoms with Crippen molar-refractivity contribution in [2.24, 2.45) is 5.41 Å². The van der Waals surface area contributed by atoms with Gasteiger partial charge in [-0.1, -0.05) is 19.9 Å². The van der Waals surface area contributed by atoms with Crippen LogP contribution in [0.3, 0.4) is 0 Å². The highest BCUT2D eigenvalue weighted by Crippen LogP contribution is 2.34. The summed E-state index contributed by atoms with van der Waals surface area (Å²) in [6, 6.07) is 4.83. The Morgan fingerprint density at radius 3 is 2.75 bits per heavy atom. The fraction of sp³-hybridized carbons (Fsp3) is 0.643. The minimum atomic E-state index is 0.562. The van der Waals surface area contributed by atoms with Crippen LogP contribution in [0.15, 0.2) is 24.5 Å². The van der Waals surface area contributed by atoms with Gasteiger partial charge in [0.05, 0.1) is 0 Å². The Balaban J connectivity index is 1.76. The summed E-state index contributed by atoms with van der Waals surface area (Å²) >= 11 is 0. The van der Waals surface area contributed by atoms with Gasteiger partial charge in [-0.15, -0.1) is 0 Å². The monoisotopic (exact) mass is 218 g/mol. The molecule has 0 aliphatic heterocycles. The normalized spacial score (nSPS) is 20.9. The summed E-state index contributed by atoms with van der Waals surface area (Å²) in [7, 11) is 0. The zero-order valence-corrected chi connectivity index (χ0v) is 10.4. The summed E-state index contributed by atoms with van der Waals surface area (Å²) in [6.45, 7) is 5.72. The molecule has 2 nitrogen and oxygen atoms in total. The number of rotatable bonds is 3. The highest BCUT2D eigenvalue weighted by molar-refractivity contribution is 5.08. The molecule has 0 atom stereocenters. The van der Waals surface area contributed by atoms with Crippen LogP contribution in [0.5, 0.6) is 0 Å². The van der Waals surface area contributed by atoms with Crippen LogP contribution in [-0.2, 0) is 6.54 Å². The van der Waals surface area contributed by atoms with Crippen molar-refractivity contribution in [1.29, 1.82) is 0 Å². The first-order chi connectivity index (χ1) is 7.66. The number of hydrogen-bond donors (Lipinski definition) is 1. The van der Waals surface area contributed by atoms with Gasteiger partial charge in [0.15, 0.2) is 0 Å². The summed E-state index contributed by atoms with van der Waals surface area (Å²) in [5.74, 6) is 0. The molecule has 0 saturated heterocycles. The van der Waals surface area contributed by atoms with E-state index in [-0.39, 0.29) is 0 Å². The van der Waals surface area contributed by atoms with Gasteiger partial charge in [-0.25, -0.2) is 0 Å². The second-order valence-corrected chi connectivity index (χ2v) is 5.68. The van der Waals surface area contributed by atoms with E-state index in [9.17, 15) is 0 Å². The number of nitrogens with zero attached hydrogens (tertiary/aromatic N) is 1. The average Bonchev–Trinajstić information content (AvgIpc) is 2.29. The molecule has 1 aliphatic carbocycles. The fourth-order valence-corrected chi connectivity index (χ4v) is 2.37. The highest BCUT2D eigenvalue weighted by Gasteiger charge is 2.26. The predicted molar refractivity (Wildman–Crippen MR) is 67.1 cm³/mol. The van der Waals surface area contributed by atoms with Crippen LogP contribution in [0.4, 0.5) is 0 Å². The molecule has 1 aliphatic rings. The van der Waals surface area contributed by atoms with E-state index in [0.29, 0.717) is 11.5 Å². The topological polar surface area (TPSA) is 24.9 Å². The molecule has 0 amide bonds. The van der Waals surface area contributed by atoms with Crippen LogP contribution in [0.25, 0.3) is 0 Å². The minimum Gasteiger partial charge on any atom is -0.310 e. The van der Waals surface area contributed by atoms with Crippen LogP contribution in [0, 0.1) is 5.41 Å². The van der Waals surface area contributed by atoms with Gasteiger partial charge in [0.25, 0.3) is 0 Å². The van der Waals surface area contributed by atoms with Crippen molar-refractivity contribution < 1.29 is 0 Å². The first-order valence-electron chi connectivity index (χ1n) is 6.28. The molecule has 0 radical (unpaired) electrons. The van der Waals surface area contributed by atoms with Gasteiger partial charge in [0, 0.05) is 25.0 Å². The van der Waals surface area contributed by atoms with E-state index < -0.39 is 0 Å². The lowest BCUT2D eigenvalue weighted by atomic mass is 9.75. The zero-order valence-electron chi connectivity index (χ0n) is 10.4. The van der Waals surface area contributed by atoms with Crippen molar-refractivity contribution in [3.8, 4) is 0 Å². The Labute approximate surface area is 98.5 Å². The molecule has 88 valence electrons. The molecule has 1 aromatic rings. The van der Waals surface area contributed by atoms with Crippen molar-refractivity contribution in [2.45, 2.75) is 52.1 Å². The molecule has 0 spiro atoms. The van der Waals surface area contributed by atoms with Crippen molar-refractivity contribution in [2.75, 3.05) is 0 Å². The summed E-state index contributed by atoms with van der Waals surface area (Å²) in [4.78, 5) is 4.13. The molecule has 1 saturated carbocycles. The van der Waals surface area contributed by atoms with E-state index >= 15 is 0 Å². The third-order valence-electron chi connectivity index (χ3n) is 3.66. The molecule has 1 aromatic heterocycles. The smallest absolute Gasteiger partial charge is 0.0312 e. The second-order valence-electron chi connectivity index (χ2n) is 5.68. The average molecular weight is 218 g/mol. The molecule has 0 aromatic carbocycles. The molecule has 16 heavy (non-hydrogen) atoms. The summed E-state index contributed by atoms with van der Waals surface area (Å²) in [5, 5.41) is 3.64. The van der Waals surface area contributed by atoms with Crippen molar-refractivity contribution in [3.63, 3.8) is 0 Å².